The average Bonchev–Trinajstić information content (AvgIpc) is 3.45. The second-order valence-corrected chi connectivity index (χ2v) is 10.9. The third kappa shape index (κ3) is 4.22. The van der Waals surface area contributed by atoms with Crippen molar-refractivity contribution in [3.63, 3.8) is 0 Å². The number of carbonyl (C=O) groups is 2. The number of nitrogens with zero attached hydrogens (tertiary/aromatic N) is 3. The van der Waals surface area contributed by atoms with E-state index in [2.05, 4.69) is 24.1 Å². The van der Waals surface area contributed by atoms with Crippen molar-refractivity contribution >= 4 is 40.6 Å². The van der Waals surface area contributed by atoms with Crippen LogP contribution in [0.25, 0.3) is 0 Å². The molecule has 5 rings (SSSR count). The van der Waals surface area contributed by atoms with Crippen molar-refractivity contribution in [2.75, 3.05) is 18.2 Å². The number of anilines is 1. The van der Waals surface area contributed by atoms with Crippen molar-refractivity contribution < 1.29 is 14.3 Å². The van der Waals surface area contributed by atoms with Crippen LogP contribution >= 0.6 is 23.1 Å². The van der Waals surface area contributed by atoms with E-state index >= 15 is 0 Å². The molecule has 0 spiro atoms. The molecule has 33 heavy (non-hydrogen) atoms. The van der Waals surface area contributed by atoms with Crippen LogP contribution in [0, 0.1) is 5.41 Å². The van der Waals surface area contributed by atoms with Crippen molar-refractivity contribution in [1.82, 2.24) is 14.8 Å². The van der Waals surface area contributed by atoms with E-state index in [-0.39, 0.29) is 28.8 Å². The summed E-state index contributed by atoms with van der Waals surface area (Å²) in [5.41, 5.74) is 2.22. The van der Waals surface area contributed by atoms with E-state index < -0.39 is 0 Å². The Balaban J connectivity index is 1.41. The second-order valence-electron chi connectivity index (χ2n) is 8.98. The normalized spacial score (nSPS) is 19.0. The monoisotopic (exact) mass is 480 g/mol. The number of methoxy groups -OCH3 is 1. The van der Waals surface area contributed by atoms with Crippen LogP contribution in [0.15, 0.2) is 58.2 Å². The fraction of sp³-hybridized carbons (Fsp3) is 0.333. The number of benzene rings is 1. The van der Waals surface area contributed by atoms with Crippen molar-refractivity contribution in [3.8, 4) is 5.75 Å². The molecule has 9 heteroatoms. The molecule has 0 saturated heterocycles. The number of rotatable bonds is 6. The number of ketones is 2. The molecule has 0 unspecified atom stereocenters. The molecular formula is C24H24N4O3S2. The number of ether oxygens (including phenoxy) is 1. The van der Waals surface area contributed by atoms with Gasteiger partial charge in [0.25, 0.3) is 0 Å². The summed E-state index contributed by atoms with van der Waals surface area (Å²) in [6.07, 6.45) is 1.29. The Morgan fingerprint density at radius 3 is 2.76 bits per heavy atom. The van der Waals surface area contributed by atoms with Crippen molar-refractivity contribution in [3.05, 3.63) is 63.5 Å². The molecule has 0 fully saturated rings. The van der Waals surface area contributed by atoms with E-state index in [4.69, 9.17) is 9.84 Å². The zero-order valence-corrected chi connectivity index (χ0v) is 20.3. The van der Waals surface area contributed by atoms with Gasteiger partial charge in [-0.05, 0) is 47.5 Å². The number of hydrogen-bond donors (Lipinski definition) is 1. The highest BCUT2D eigenvalue weighted by molar-refractivity contribution is 7.99. The first-order valence-electron chi connectivity index (χ1n) is 10.7. The van der Waals surface area contributed by atoms with Gasteiger partial charge in [0.2, 0.25) is 11.1 Å². The van der Waals surface area contributed by atoms with Gasteiger partial charge in [-0.25, -0.2) is 4.68 Å². The summed E-state index contributed by atoms with van der Waals surface area (Å²) in [6.45, 7) is 4.23. The third-order valence-corrected chi connectivity index (χ3v) is 7.63. The fourth-order valence-electron chi connectivity index (χ4n) is 4.35. The lowest BCUT2D eigenvalue weighted by atomic mass is 9.73. The average molecular weight is 481 g/mol. The van der Waals surface area contributed by atoms with Crippen LogP contribution in [0.3, 0.4) is 0 Å². The fourth-order valence-corrected chi connectivity index (χ4v) is 5.89. The topological polar surface area (TPSA) is 86.1 Å². The summed E-state index contributed by atoms with van der Waals surface area (Å²) >= 11 is 2.90. The van der Waals surface area contributed by atoms with Gasteiger partial charge in [-0.3, -0.25) is 9.59 Å². The molecule has 2 aromatic heterocycles. The SMILES string of the molecule is COc1ccc(C(=O)CSc2nc3n(n2)[C@@H](c2cccs2)C2=C(CC(C)(C)CC2=O)N3)cc1. The lowest BCUT2D eigenvalue weighted by Gasteiger charge is -2.37. The number of fused-ring (bicyclic) bond motifs is 1. The number of thioether (sulfide) groups is 1. The molecule has 1 atom stereocenters. The molecule has 0 saturated carbocycles. The summed E-state index contributed by atoms with van der Waals surface area (Å²) in [5, 5.41) is 10.6. The van der Waals surface area contributed by atoms with E-state index in [9.17, 15) is 9.59 Å². The molecular weight excluding hydrogens is 456 g/mol. The number of allylic oxidation sites excluding steroid dienone is 2. The van der Waals surface area contributed by atoms with Gasteiger partial charge < -0.3 is 10.1 Å². The molecule has 7 nitrogen and oxygen atoms in total. The lowest BCUT2D eigenvalue weighted by molar-refractivity contribution is -0.118. The first-order valence-corrected chi connectivity index (χ1v) is 12.5. The number of carbonyl (C=O) groups excluding carboxylic acids is 2. The Kier molecular flexibility index (Phi) is 5.62. The zero-order chi connectivity index (χ0) is 23.2. The maximum Gasteiger partial charge on any atom is 0.227 e. The summed E-state index contributed by atoms with van der Waals surface area (Å²) in [6, 6.07) is 10.8. The molecule has 0 bridgehead atoms. The Morgan fingerprint density at radius 2 is 2.06 bits per heavy atom. The van der Waals surface area contributed by atoms with Gasteiger partial charge in [-0.15, -0.1) is 16.4 Å². The molecule has 0 amide bonds. The largest absolute Gasteiger partial charge is 0.497 e. The van der Waals surface area contributed by atoms with Crippen LogP contribution in [0.4, 0.5) is 5.95 Å². The first kappa shape index (κ1) is 21.9. The summed E-state index contributed by atoms with van der Waals surface area (Å²) in [5.74, 6) is 1.68. The minimum Gasteiger partial charge on any atom is -0.497 e. The highest BCUT2D eigenvalue weighted by atomic mass is 32.2. The molecule has 3 aromatic rings. The van der Waals surface area contributed by atoms with Gasteiger partial charge in [0.15, 0.2) is 11.6 Å². The Hall–Kier alpha value is -2.91. The van der Waals surface area contributed by atoms with Crippen LogP contribution in [0.1, 0.15) is 48.0 Å². The maximum absolute atomic E-state index is 13.2. The quantitative estimate of drug-likeness (QED) is 0.393. The van der Waals surface area contributed by atoms with E-state index in [1.807, 2.05) is 17.5 Å². The zero-order valence-electron chi connectivity index (χ0n) is 18.6. The van der Waals surface area contributed by atoms with Crippen LogP contribution in [-0.2, 0) is 4.79 Å². The minimum absolute atomic E-state index is 0.00691. The number of thiophene rings is 1. The molecule has 0 radical (unpaired) electrons. The molecule has 2 aliphatic rings. The third-order valence-electron chi connectivity index (χ3n) is 5.87. The molecule has 1 aliphatic heterocycles. The van der Waals surface area contributed by atoms with Gasteiger partial charge in [-0.1, -0.05) is 31.7 Å². The smallest absolute Gasteiger partial charge is 0.227 e. The molecule has 1 aromatic carbocycles. The number of Topliss-reactive ketones (excluding diaryl/α,β-unsaturated/α-hetero) is 2. The Morgan fingerprint density at radius 1 is 1.27 bits per heavy atom. The molecule has 3 heterocycles. The van der Waals surface area contributed by atoms with Crippen LogP contribution in [0.2, 0.25) is 0 Å². The first-order chi connectivity index (χ1) is 15.8. The summed E-state index contributed by atoms with van der Waals surface area (Å²) in [7, 11) is 1.59. The molecule has 170 valence electrons. The van der Waals surface area contributed by atoms with Crippen molar-refractivity contribution in [2.24, 2.45) is 5.41 Å². The van der Waals surface area contributed by atoms with Crippen LogP contribution in [-0.4, -0.2) is 39.2 Å². The predicted molar refractivity (Wildman–Crippen MR) is 129 cm³/mol. The molecule has 1 aliphatic carbocycles. The Bertz CT molecular complexity index is 1240. The van der Waals surface area contributed by atoms with Crippen molar-refractivity contribution in [2.45, 2.75) is 37.9 Å². The summed E-state index contributed by atoms with van der Waals surface area (Å²) < 4.78 is 6.95. The van der Waals surface area contributed by atoms with Crippen LogP contribution in [0.5, 0.6) is 5.75 Å². The lowest BCUT2D eigenvalue weighted by Crippen LogP contribution is -2.36. The van der Waals surface area contributed by atoms with Gasteiger partial charge in [0.05, 0.1) is 12.9 Å². The predicted octanol–water partition coefficient (Wildman–Crippen LogP) is 4.98. The van der Waals surface area contributed by atoms with Gasteiger partial charge in [-0.2, -0.15) is 4.98 Å². The van der Waals surface area contributed by atoms with Crippen LogP contribution < -0.4 is 10.1 Å². The highest BCUT2D eigenvalue weighted by Crippen LogP contribution is 2.46. The highest BCUT2D eigenvalue weighted by Gasteiger charge is 2.42. The van der Waals surface area contributed by atoms with E-state index in [1.54, 1.807) is 47.4 Å². The number of hydrogen-bond acceptors (Lipinski definition) is 8. The standard InChI is InChI=1S/C24H24N4O3S2/c1-24(2)11-16-20(17(29)12-24)21(19-5-4-10-32-19)28-22(25-16)26-23(27-28)33-13-18(30)14-6-8-15(31-3)9-7-14/h4-10,21H,11-13H2,1-3H3,(H,25,26,27)/t21-/m0/s1. The number of nitrogens with one attached hydrogen (secondary N) is 1. The van der Waals surface area contributed by atoms with Gasteiger partial charge in [0, 0.05) is 28.1 Å². The van der Waals surface area contributed by atoms with E-state index in [0.717, 1.165) is 22.6 Å². The summed E-state index contributed by atoms with van der Waals surface area (Å²) in [4.78, 5) is 31.5. The Labute approximate surface area is 200 Å². The molecule has 1 N–H and O–H groups in total. The van der Waals surface area contributed by atoms with E-state index in [0.29, 0.717) is 28.8 Å². The second kappa shape index (κ2) is 8.46. The minimum atomic E-state index is -0.293. The van der Waals surface area contributed by atoms with Gasteiger partial charge in [0.1, 0.15) is 11.8 Å². The van der Waals surface area contributed by atoms with Gasteiger partial charge >= 0.3 is 0 Å². The maximum atomic E-state index is 13.2. The number of aromatic nitrogens is 3. The van der Waals surface area contributed by atoms with E-state index in [1.165, 1.54) is 11.8 Å². The van der Waals surface area contributed by atoms with Crippen molar-refractivity contribution in [1.29, 1.82) is 0 Å².